The van der Waals surface area contributed by atoms with Crippen molar-refractivity contribution >= 4 is 0 Å². The van der Waals surface area contributed by atoms with E-state index in [2.05, 4.69) is 19.2 Å². The average molecular weight is 112 g/mol. The van der Waals surface area contributed by atoms with Gasteiger partial charge in [-0.15, -0.1) is 0 Å². The maximum atomic E-state index is 2.45. The van der Waals surface area contributed by atoms with Gasteiger partial charge in [0.2, 0.25) is 0 Å². The summed E-state index contributed by atoms with van der Waals surface area (Å²) in [6.07, 6.45) is 0. The van der Waals surface area contributed by atoms with Gasteiger partial charge in [0, 0.05) is 11.8 Å². The lowest BCUT2D eigenvalue weighted by atomic mass is 10.1. The first-order chi connectivity index (χ1) is 3.73. The first-order valence-corrected chi connectivity index (χ1v) is 3.54. The number of quaternary nitrogens is 1. The molecular weight excluding hydrogens is 98.1 g/mol. The Bertz CT molecular complexity index is 106. The fraction of sp³-hybridized carbons (Fsp3) is 1.00. The Morgan fingerprint density at radius 1 is 1.25 bits per heavy atom. The normalized spacial score (nSPS) is 48.8. The van der Waals surface area contributed by atoms with Crippen molar-refractivity contribution in [1.29, 1.82) is 0 Å². The third kappa shape index (κ3) is 0.368. The number of fused-ring (bicyclic) bond motifs is 1. The van der Waals surface area contributed by atoms with Gasteiger partial charge in [-0.3, -0.25) is 0 Å². The topological polar surface area (TPSA) is 16.6 Å². The van der Waals surface area contributed by atoms with E-state index in [-0.39, 0.29) is 0 Å². The van der Waals surface area contributed by atoms with E-state index in [0.717, 1.165) is 17.3 Å². The van der Waals surface area contributed by atoms with Gasteiger partial charge in [-0.1, -0.05) is 13.8 Å². The van der Waals surface area contributed by atoms with Crippen LogP contribution in [0.15, 0.2) is 0 Å². The molecule has 0 aromatic rings. The minimum Gasteiger partial charge on any atom is -0.346 e. The largest absolute Gasteiger partial charge is 0.346 e. The number of rotatable bonds is 0. The lowest BCUT2D eigenvalue weighted by Gasteiger charge is -2.04. The fourth-order valence-electron chi connectivity index (χ4n) is 2.25. The Morgan fingerprint density at radius 2 is 1.75 bits per heavy atom. The highest BCUT2D eigenvalue weighted by Crippen LogP contribution is 2.58. The van der Waals surface area contributed by atoms with Gasteiger partial charge in [-0.25, -0.2) is 0 Å². The van der Waals surface area contributed by atoms with Crippen LogP contribution in [-0.4, -0.2) is 13.1 Å². The average Bonchev–Trinajstić information content (AvgIpc) is 2.22. The summed E-state index contributed by atoms with van der Waals surface area (Å²) in [6, 6.07) is 0. The molecule has 0 radical (unpaired) electrons. The lowest BCUT2D eigenvalue weighted by molar-refractivity contribution is -0.646. The van der Waals surface area contributed by atoms with E-state index in [9.17, 15) is 0 Å². The first-order valence-electron chi connectivity index (χ1n) is 3.54. The molecule has 2 N–H and O–H groups in total. The van der Waals surface area contributed by atoms with Gasteiger partial charge in [0.15, 0.2) is 0 Å². The molecule has 46 valence electrons. The molecule has 2 unspecified atom stereocenters. The monoisotopic (exact) mass is 112 g/mol. The zero-order valence-electron chi connectivity index (χ0n) is 5.65. The molecule has 0 bridgehead atoms. The molecule has 0 amide bonds. The third-order valence-corrected chi connectivity index (χ3v) is 3.13. The van der Waals surface area contributed by atoms with Crippen molar-refractivity contribution in [1.82, 2.24) is 0 Å². The molecule has 1 aliphatic carbocycles. The van der Waals surface area contributed by atoms with Gasteiger partial charge in [0.1, 0.15) is 0 Å². The van der Waals surface area contributed by atoms with Crippen LogP contribution in [0.4, 0.5) is 0 Å². The maximum absolute atomic E-state index is 2.45. The molecule has 0 aromatic heterocycles. The Balaban J connectivity index is 2.13. The van der Waals surface area contributed by atoms with Gasteiger partial charge >= 0.3 is 0 Å². The van der Waals surface area contributed by atoms with Crippen LogP contribution in [0.2, 0.25) is 0 Å². The van der Waals surface area contributed by atoms with Crippen LogP contribution in [0.25, 0.3) is 0 Å². The molecule has 2 aliphatic rings. The summed E-state index contributed by atoms with van der Waals surface area (Å²) in [5.74, 6) is 2.14. The Morgan fingerprint density at radius 3 is 2.00 bits per heavy atom. The number of piperidine rings is 1. The van der Waals surface area contributed by atoms with E-state index in [4.69, 9.17) is 0 Å². The Kier molecular flexibility index (Phi) is 0.663. The highest BCUT2D eigenvalue weighted by molar-refractivity contribution is 5.05. The minimum absolute atomic E-state index is 0.731. The molecule has 8 heavy (non-hydrogen) atoms. The highest BCUT2D eigenvalue weighted by Gasteiger charge is 2.62. The van der Waals surface area contributed by atoms with E-state index < -0.39 is 0 Å². The summed E-state index contributed by atoms with van der Waals surface area (Å²) in [5, 5.41) is 2.45. The van der Waals surface area contributed by atoms with E-state index in [0.29, 0.717) is 0 Å². The molecule has 1 aliphatic heterocycles. The molecule has 0 spiro atoms. The number of nitrogens with two attached hydrogens (primary N) is 1. The van der Waals surface area contributed by atoms with Crippen LogP contribution in [-0.2, 0) is 0 Å². The quantitative estimate of drug-likeness (QED) is 0.448. The minimum atomic E-state index is 0.731. The zero-order valence-corrected chi connectivity index (χ0v) is 5.65. The molecule has 2 atom stereocenters. The maximum Gasteiger partial charge on any atom is 0.0794 e. The van der Waals surface area contributed by atoms with Gasteiger partial charge in [-0.2, -0.15) is 0 Å². The molecular formula is C7H14N+. The molecule has 0 aromatic carbocycles. The van der Waals surface area contributed by atoms with E-state index in [1.165, 1.54) is 13.1 Å². The Hall–Kier alpha value is -0.0400. The smallest absolute Gasteiger partial charge is 0.0794 e. The SMILES string of the molecule is CC1(C)C2C[NH2+]CC21. The molecule has 1 heteroatoms. The van der Waals surface area contributed by atoms with Crippen LogP contribution >= 0.6 is 0 Å². The van der Waals surface area contributed by atoms with Gasteiger partial charge in [-0.05, 0) is 5.41 Å². The van der Waals surface area contributed by atoms with Crippen molar-refractivity contribution in [3.8, 4) is 0 Å². The number of hydrogen-bond acceptors (Lipinski definition) is 0. The standard InChI is InChI=1S/C7H13N/c1-7(2)5-3-8-4-6(5)7/h5-6,8H,3-4H2,1-2H3/p+1. The molecule has 1 nitrogen and oxygen atoms in total. The fourth-order valence-corrected chi connectivity index (χ4v) is 2.25. The summed E-state index contributed by atoms with van der Waals surface area (Å²) >= 11 is 0. The van der Waals surface area contributed by atoms with Crippen molar-refractivity contribution in [3.63, 3.8) is 0 Å². The van der Waals surface area contributed by atoms with Crippen LogP contribution < -0.4 is 5.32 Å². The summed E-state index contributed by atoms with van der Waals surface area (Å²) in [7, 11) is 0. The molecule has 1 heterocycles. The van der Waals surface area contributed by atoms with Gasteiger partial charge in [0.25, 0.3) is 0 Å². The highest BCUT2D eigenvalue weighted by atomic mass is 15.0. The van der Waals surface area contributed by atoms with E-state index in [1.807, 2.05) is 0 Å². The molecule has 1 saturated heterocycles. The van der Waals surface area contributed by atoms with Crippen molar-refractivity contribution in [2.45, 2.75) is 13.8 Å². The van der Waals surface area contributed by atoms with Crippen LogP contribution in [0.5, 0.6) is 0 Å². The van der Waals surface area contributed by atoms with Crippen LogP contribution in [0.1, 0.15) is 13.8 Å². The first kappa shape index (κ1) is 4.80. The predicted octanol–water partition coefficient (Wildman–Crippen LogP) is -0.164. The predicted molar refractivity (Wildman–Crippen MR) is 32.4 cm³/mol. The zero-order chi connectivity index (χ0) is 5.78. The van der Waals surface area contributed by atoms with E-state index in [1.54, 1.807) is 0 Å². The second-order valence-corrected chi connectivity index (χ2v) is 3.79. The number of hydrogen-bond donors (Lipinski definition) is 1. The van der Waals surface area contributed by atoms with Crippen LogP contribution in [0, 0.1) is 17.3 Å². The van der Waals surface area contributed by atoms with Gasteiger partial charge < -0.3 is 5.32 Å². The summed E-state index contributed by atoms with van der Waals surface area (Å²) < 4.78 is 0. The van der Waals surface area contributed by atoms with Gasteiger partial charge in [0.05, 0.1) is 13.1 Å². The third-order valence-electron chi connectivity index (χ3n) is 3.13. The summed E-state index contributed by atoms with van der Waals surface area (Å²) in [4.78, 5) is 0. The van der Waals surface area contributed by atoms with Crippen molar-refractivity contribution in [2.75, 3.05) is 13.1 Å². The summed E-state index contributed by atoms with van der Waals surface area (Å²) in [6.45, 7) is 7.60. The molecule has 2 fully saturated rings. The summed E-state index contributed by atoms with van der Waals surface area (Å²) in [5.41, 5.74) is 0.731. The van der Waals surface area contributed by atoms with Crippen LogP contribution in [0.3, 0.4) is 0 Å². The van der Waals surface area contributed by atoms with Crippen molar-refractivity contribution in [3.05, 3.63) is 0 Å². The Labute approximate surface area is 50.5 Å². The molecule has 1 saturated carbocycles. The van der Waals surface area contributed by atoms with E-state index >= 15 is 0 Å². The molecule has 2 rings (SSSR count). The lowest BCUT2D eigenvalue weighted by Crippen LogP contribution is -2.83. The second kappa shape index (κ2) is 1.10. The van der Waals surface area contributed by atoms with Crippen molar-refractivity contribution in [2.24, 2.45) is 17.3 Å². The van der Waals surface area contributed by atoms with Crippen molar-refractivity contribution < 1.29 is 5.32 Å². The second-order valence-electron chi connectivity index (χ2n) is 3.79.